The maximum atomic E-state index is 11.3. The molecule has 1 heterocycles. The second kappa shape index (κ2) is 5.87. The van der Waals surface area contributed by atoms with Gasteiger partial charge in [-0.05, 0) is 12.0 Å². The minimum atomic E-state index is 0.295. The van der Waals surface area contributed by atoms with Gasteiger partial charge in [0.15, 0.2) is 0 Å². The lowest BCUT2D eigenvalue weighted by atomic mass is 10.2. The molecule has 78 valence electrons. The average Bonchev–Trinajstić information content (AvgIpc) is 2.69. The standard InChI is InChI=1S/C11H13NO.C2H2/c13-11-7-4-8-12(11)9-10-5-2-1-3-6-10;1-2/h1-3,5-6H,4,7-9H2;1-2H. The summed E-state index contributed by atoms with van der Waals surface area (Å²) in [6, 6.07) is 10.1. The molecule has 0 unspecified atom stereocenters. The van der Waals surface area contributed by atoms with Crippen molar-refractivity contribution in [2.75, 3.05) is 6.54 Å². The van der Waals surface area contributed by atoms with E-state index in [0.717, 1.165) is 25.9 Å². The van der Waals surface area contributed by atoms with E-state index in [9.17, 15) is 4.79 Å². The zero-order valence-electron chi connectivity index (χ0n) is 8.73. The molecule has 0 saturated carbocycles. The maximum Gasteiger partial charge on any atom is 0.222 e. The molecule has 0 bridgehead atoms. The van der Waals surface area contributed by atoms with Gasteiger partial charge in [-0.25, -0.2) is 0 Å². The Bertz CT molecular complexity index is 329. The molecule has 1 saturated heterocycles. The van der Waals surface area contributed by atoms with E-state index in [-0.39, 0.29) is 0 Å². The second-order valence-corrected chi connectivity index (χ2v) is 3.40. The molecule has 1 aliphatic rings. The number of likely N-dealkylation sites (tertiary alicyclic amines) is 1. The first-order valence-corrected chi connectivity index (χ1v) is 5.01. The van der Waals surface area contributed by atoms with Crippen molar-refractivity contribution in [3.8, 4) is 12.8 Å². The van der Waals surface area contributed by atoms with E-state index < -0.39 is 0 Å². The van der Waals surface area contributed by atoms with Gasteiger partial charge in [0.1, 0.15) is 0 Å². The number of hydrogen-bond donors (Lipinski definition) is 0. The molecule has 2 heteroatoms. The Labute approximate surface area is 90.9 Å². The minimum Gasteiger partial charge on any atom is -0.338 e. The summed E-state index contributed by atoms with van der Waals surface area (Å²) >= 11 is 0. The molecule has 15 heavy (non-hydrogen) atoms. The Kier molecular flexibility index (Phi) is 4.43. The third kappa shape index (κ3) is 3.14. The summed E-state index contributed by atoms with van der Waals surface area (Å²) in [7, 11) is 0. The Morgan fingerprint density at radius 2 is 1.87 bits per heavy atom. The van der Waals surface area contributed by atoms with Gasteiger partial charge in [-0.2, -0.15) is 0 Å². The van der Waals surface area contributed by atoms with E-state index in [1.54, 1.807) is 0 Å². The first-order valence-electron chi connectivity index (χ1n) is 5.01. The summed E-state index contributed by atoms with van der Waals surface area (Å²) in [5.74, 6) is 0.295. The van der Waals surface area contributed by atoms with Gasteiger partial charge in [-0.3, -0.25) is 4.79 Å². The van der Waals surface area contributed by atoms with Crippen molar-refractivity contribution >= 4 is 5.91 Å². The van der Waals surface area contributed by atoms with Crippen molar-refractivity contribution in [1.82, 2.24) is 4.90 Å². The molecule has 0 radical (unpaired) electrons. The Morgan fingerprint density at radius 1 is 1.20 bits per heavy atom. The van der Waals surface area contributed by atoms with Crippen LogP contribution in [0.1, 0.15) is 18.4 Å². The number of nitrogens with zero attached hydrogens (tertiary/aromatic N) is 1. The topological polar surface area (TPSA) is 20.3 Å². The maximum absolute atomic E-state index is 11.3. The molecule has 1 aliphatic heterocycles. The van der Waals surface area contributed by atoms with Crippen molar-refractivity contribution in [1.29, 1.82) is 0 Å². The van der Waals surface area contributed by atoms with Crippen LogP contribution in [0.3, 0.4) is 0 Å². The van der Waals surface area contributed by atoms with Crippen LogP contribution in [0, 0.1) is 12.8 Å². The molecule has 0 atom stereocenters. The summed E-state index contributed by atoms with van der Waals surface area (Å²) in [6.07, 6.45) is 9.75. The molecule has 2 rings (SSSR count). The van der Waals surface area contributed by atoms with Crippen LogP contribution >= 0.6 is 0 Å². The molecular weight excluding hydrogens is 186 g/mol. The number of hydrogen-bond acceptors (Lipinski definition) is 1. The molecular formula is C13H15NO. The first kappa shape index (κ1) is 11.3. The number of terminal acetylenes is 1. The zero-order chi connectivity index (χ0) is 11.1. The predicted molar refractivity (Wildman–Crippen MR) is 61.0 cm³/mol. The molecule has 2 nitrogen and oxygen atoms in total. The highest BCUT2D eigenvalue weighted by molar-refractivity contribution is 5.78. The summed E-state index contributed by atoms with van der Waals surface area (Å²) in [5, 5.41) is 0. The lowest BCUT2D eigenvalue weighted by molar-refractivity contribution is -0.128. The predicted octanol–water partition coefficient (Wildman–Crippen LogP) is 2.06. The normalized spacial score (nSPS) is 14.5. The smallest absolute Gasteiger partial charge is 0.222 e. The Balaban J connectivity index is 0.000000531. The van der Waals surface area contributed by atoms with Gasteiger partial charge in [-0.15, -0.1) is 12.8 Å². The fraction of sp³-hybridized carbons (Fsp3) is 0.308. The van der Waals surface area contributed by atoms with Crippen molar-refractivity contribution in [3.05, 3.63) is 35.9 Å². The van der Waals surface area contributed by atoms with Crippen molar-refractivity contribution in [2.45, 2.75) is 19.4 Å². The fourth-order valence-electron chi connectivity index (χ4n) is 1.67. The van der Waals surface area contributed by atoms with Crippen LogP contribution in [-0.2, 0) is 11.3 Å². The highest BCUT2D eigenvalue weighted by atomic mass is 16.2. The molecule has 1 aromatic carbocycles. The van der Waals surface area contributed by atoms with E-state index in [4.69, 9.17) is 0 Å². The Hall–Kier alpha value is -1.75. The van der Waals surface area contributed by atoms with Crippen LogP contribution in [0.15, 0.2) is 30.3 Å². The van der Waals surface area contributed by atoms with E-state index in [1.165, 1.54) is 5.56 Å². The lowest BCUT2D eigenvalue weighted by Gasteiger charge is -2.14. The summed E-state index contributed by atoms with van der Waals surface area (Å²) < 4.78 is 0. The number of carbonyl (C=O) groups excluding carboxylic acids is 1. The van der Waals surface area contributed by atoms with E-state index in [2.05, 4.69) is 25.0 Å². The minimum absolute atomic E-state index is 0.295. The van der Waals surface area contributed by atoms with Crippen molar-refractivity contribution in [2.24, 2.45) is 0 Å². The first-order chi connectivity index (χ1) is 7.36. The molecule has 0 aliphatic carbocycles. The highest BCUT2D eigenvalue weighted by Crippen LogP contribution is 2.13. The van der Waals surface area contributed by atoms with E-state index >= 15 is 0 Å². The molecule has 1 fully saturated rings. The number of benzene rings is 1. The van der Waals surface area contributed by atoms with Gasteiger partial charge < -0.3 is 4.90 Å². The molecule has 1 amide bonds. The van der Waals surface area contributed by atoms with Crippen LogP contribution in [0.2, 0.25) is 0 Å². The van der Waals surface area contributed by atoms with Gasteiger partial charge in [0.2, 0.25) is 5.91 Å². The fourth-order valence-corrected chi connectivity index (χ4v) is 1.67. The van der Waals surface area contributed by atoms with Gasteiger partial charge in [-0.1, -0.05) is 30.3 Å². The SMILES string of the molecule is C#C.O=C1CCCN1Cc1ccccc1. The Morgan fingerprint density at radius 3 is 2.40 bits per heavy atom. The molecule has 1 aromatic rings. The number of rotatable bonds is 2. The largest absolute Gasteiger partial charge is 0.338 e. The van der Waals surface area contributed by atoms with Gasteiger partial charge in [0.05, 0.1) is 0 Å². The van der Waals surface area contributed by atoms with Crippen LogP contribution in [0.5, 0.6) is 0 Å². The van der Waals surface area contributed by atoms with Crippen molar-refractivity contribution < 1.29 is 4.79 Å². The zero-order valence-corrected chi connectivity index (χ0v) is 8.73. The average molecular weight is 201 g/mol. The summed E-state index contributed by atoms with van der Waals surface area (Å²) in [5.41, 5.74) is 1.22. The summed E-state index contributed by atoms with van der Waals surface area (Å²) in [4.78, 5) is 13.2. The highest BCUT2D eigenvalue weighted by Gasteiger charge is 2.19. The molecule has 0 N–H and O–H groups in total. The third-order valence-electron chi connectivity index (χ3n) is 2.39. The van der Waals surface area contributed by atoms with Crippen molar-refractivity contribution in [3.63, 3.8) is 0 Å². The van der Waals surface area contributed by atoms with Gasteiger partial charge >= 0.3 is 0 Å². The lowest BCUT2D eigenvalue weighted by Crippen LogP contribution is -2.23. The third-order valence-corrected chi connectivity index (χ3v) is 2.39. The van der Waals surface area contributed by atoms with Crippen LogP contribution < -0.4 is 0 Å². The number of amides is 1. The molecule has 0 spiro atoms. The summed E-state index contributed by atoms with van der Waals surface area (Å²) in [6.45, 7) is 1.70. The monoisotopic (exact) mass is 201 g/mol. The van der Waals surface area contributed by atoms with Crippen LogP contribution in [-0.4, -0.2) is 17.4 Å². The second-order valence-electron chi connectivity index (χ2n) is 3.40. The van der Waals surface area contributed by atoms with Gasteiger partial charge in [0, 0.05) is 19.5 Å². The van der Waals surface area contributed by atoms with Crippen LogP contribution in [0.25, 0.3) is 0 Å². The van der Waals surface area contributed by atoms with Gasteiger partial charge in [0.25, 0.3) is 0 Å². The van der Waals surface area contributed by atoms with E-state index in [0.29, 0.717) is 5.91 Å². The molecule has 0 aromatic heterocycles. The van der Waals surface area contributed by atoms with E-state index in [1.807, 2.05) is 23.1 Å². The van der Waals surface area contributed by atoms with Crippen LogP contribution in [0.4, 0.5) is 0 Å². The quantitative estimate of drug-likeness (QED) is 0.671. The number of carbonyl (C=O) groups is 1.